The van der Waals surface area contributed by atoms with Crippen LogP contribution in [-0.2, 0) is 6.54 Å². The van der Waals surface area contributed by atoms with Gasteiger partial charge in [0.25, 0.3) is 0 Å². The number of phenols is 1. The predicted molar refractivity (Wildman–Crippen MR) is 91.1 cm³/mol. The monoisotopic (exact) mass is 322 g/mol. The smallest absolute Gasteiger partial charge is 0.231 e. The van der Waals surface area contributed by atoms with Gasteiger partial charge in [0.2, 0.25) is 5.78 Å². The number of carbonyl (C=O) groups is 1. The van der Waals surface area contributed by atoms with Gasteiger partial charge in [0.15, 0.2) is 11.5 Å². The van der Waals surface area contributed by atoms with Crippen molar-refractivity contribution in [2.75, 3.05) is 13.1 Å². The molecule has 4 rings (SSSR count). The number of Topliss-reactive ketones (excluding diaryl/α,β-unsaturated/α-hetero) is 1. The van der Waals surface area contributed by atoms with Gasteiger partial charge in [-0.25, -0.2) is 0 Å². The number of likely N-dealkylation sites (tertiary alicyclic amines) is 1. The van der Waals surface area contributed by atoms with Gasteiger partial charge in [-0.2, -0.15) is 0 Å². The number of benzene rings is 2. The molecule has 0 unspecified atom stereocenters. The lowest BCUT2D eigenvalue weighted by Crippen LogP contribution is -3.08. The van der Waals surface area contributed by atoms with E-state index in [-0.39, 0.29) is 11.5 Å². The summed E-state index contributed by atoms with van der Waals surface area (Å²) in [5.74, 6) is 0.939. The highest BCUT2D eigenvalue weighted by atomic mass is 16.5. The molecule has 2 heterocycles. The van der Waals surface area contributed by atoms with Crippen molar-refractivity contribution in [3.63, 3.8) is 0 Å². The number of allylic oxidation sites excluding steroid dienone is 1. The third-order valence-electron chi connectivity index (χ3n) is 4.75. The molecule has 1 saturated heterocycles. The Bertz CT molecular complexity index is 805. The van der Waals surface area contributed by atoms with Crippen LogP contribution < -0.4 is 9.64 Å². The SMILES string of the molecule is O=C1/C(=C/c2ccccc2)Oc2c1ccc(O)c2C[NH+]1CCCC1. The van der Waals surface area contributed by atoms with E-state index in [1.165, 1.54) is 17.7 Å². The molecule has 4 nitrogen and oxygen atoms in total. The summed E-state index contributed by atoms with van der Waals surface area (Å²) in [4.78, 5) is 14.0. The minimum absolute atomic E-state index is 0.119. The van der Waals surface area contributed by atoms with E-state index in [9.17, 15) is 9.90 Å². The fourth-order valence-electron chi connectivity index (χ4n) is 3.47. The highest BCUT2D eigenvalue weighted by molar-refractivity contribution is 6.14. The van der Waals surface area contributed by atoms with E-state index in [0.717, 1.165) is 24.2 Å². The molecule has 0 aliphatic carbocycles. The summed E-state index contributed by atoms with van der Waals surface area (Å²) in [6.07, 6.45) is 4.18. The van der Waals surface area contributed by atoms with Crippen molar-refractivity contribution in [3.8, 4) is 11.5 Å². The first-order valence-corrected chi connectivity index (χ1v) is 8.40. The normalized spacial score (nSPS) is 18.8. The fourth-order valence-corrected chi connectivity index (χ4v) is 3.47. The number of hydrogen-bond donors (Lipinski definition) is 2. The Morgan fingerprint density at radius 2 is 1.83 bits per heavy atom. The molecule has 0 amide bonds. The number of nitrogens with one attached hydrogen (secondary N) is 1. The second-order valence-electron chi connectivity index (χ2n) is 6.42. The molecule has 0 atom stereocenters. The van der Waals surface area contributed by atoms with Crippen molar-refractivity contribution in [2.24, 2.45) is 0 Å². The van der Waals surface area contributed by atoms with E-state index in [4.69, 9.17) is 4.74 Å². The third-order valence-corrected chi connectivity index (χ3v) is 4.75. The van der Waals surface area contributed by atoms with Gasteiger partial charge >= 0.3 is 0 Å². The molecule has 2 aliphatic heterocycles. The van der Waals surface area contributed by atoms with E-state index in [1.54, 1.807) is 18.2 Å². The Balaban J connectivity index is 1.68. The largest absolute Gasteiger partial charge is 0.507 e. The molecule has 0 saturated carbocycles. The zero-order valence-corrected chi connectivity index (χ0v) is 13.4. The number of aromatic hydroxyl groups is 1. The molecule has 4 heteroatoms. The zero-order valence-electron chi connectivity index (χ0n) is 13.4. The molecule has 0 radical (unpaired) electrons. The zero-order chi connectivity index (χ0) is 16.5. The van der Waals surface area contributed by atoms with Gasteiger partial charge < -0.3 is 14.7 Å². The van der Waals surface area contributed by atoms with Gasteiger partial charge in [-0.15, -0.1) is 0 Å². The van der Waals surface area contributed by atoms with Crippen LogP contribution in [0.2, 0.25) is 0 Å². The molecule has 0 aromatic heterocycles. The van der Waals surface area contributed by atoms with Gasteiger partial charge in [-0.1, -0.05) is 30.3 Å². The molecule has 2 aliphatic rings. The predicted octanol–water partition coefficient (Wildman–Crippen LogP) is 2.19. The van der Waals surface area contributed by atoms with E-state index < -0.39 is 0 Å². The number of quaternary nitrogens is 1. The average Bonchev–Trinajstić information content (AvgIpc) is 3.21. The number of phenolic OH excluding ortho intramolecular Hbond substituents is 1. The van der Waals surface area contributed by atoms with Crippen molar-refractivity contribution >= 4 is 11.9 Å². The van der Waals surface area contributed by atoms with Crippen LogP contribution in [0.4, 0.5) is 0 Å². The first-order valence-electron chi connectivity index (χ1n) is 8.40. The second kappa shape index (κ2) is 6.13. The van der Waals surface area contributed by atoms with Crippen LogP contribution in [0.3, 0.4) is 0 Å². The first kappa shape index (κ1) is 15.0. The van der Waals surface area contributed by atoms with Gasteiger partial charge in [0, 0.05) is 12.8 Å². The summed E-state index contributed by atoms with van der Waals surface area (Å²) < 4.78 is 5.88. The maximum absolute atomic E-state index is 12.6. The van der Waals surface area contributed by atoms with Crippen molar-refractivity contribution in [1.82, 2.24) is 0 Å². The summed E-state index contributed by atoms with van der Waals surface area (Å²) in [7, 11) is 0. The fraction of sp³-hybridized carbons (Fsp3) is 0.250. The standard InChI is InChI=1S/C20H19NO3/c22-17-9-8-15-19(23)18(12-14-6-2-1-3-7-14)24-20(15)16(17)13-21-10-4-5-11-21/h1-3,6-9,12,22H,4-5,10-11,13H2/p+1/b18-12-. The summed E-state index contributed by atoms with van der Waals surface area (Å²) in [6, 6.07) is 12.9. The molecule has 122 valence electrons. The highest BCUT2D eigenvalue weighted by Gasteiger charge is 2.32. The highest BCUT2D eigenvalue weighted by Crippen LogP contribution is 2.39. The number of fused-ring (bicyclic) bond motifs is 1. The number of carbonyl (C=O) groups excluding carboxylic acids is 1. The van der Waals surface area contributed by atoms with Gasteiger partial charge in [-0.3, -0.25) is 4.79 Å². The van der Waals surface area contributed by atoms with Crippen molar-refractivity contribution in [3.05, 3.63) is 64.9 Å². The second-order valence-corrected chi connectivity index (χ2v) is 6.42. The van der Waals surface area contributed by atoms with Gasteiger partial charge in [0.05, 0.1) is 24.2 Å². The van der Waals surface area contributed by atoms with Gasteiger partial charge in [0.1, 0.15) is 12.3 Å². The third kappa shape index (κ3) is 2.69. The van der Waals surface area contributed by atoms with E-state index >= 15 is 0 Å². The van der Waals surface area contributed by atoms with Crippen LogP contribution >= 0.6 is 0 Å². The van der Waals surface area contributed by atoms with Crippen LogP contribution in [0, 0.1) is 0 Å². The van der Waals surface area contributed by atoms with Crippen LogP contribution in [0.25, 0.3) is 6.08 Å². The average molecular weight is 322 g/mol. The lowest BCUT2D eigenvalue weighted by atomic mass is 10.0. The number of ether oxygens (including phenoxy) is 1. The van der Waals surface area contributed by atoms with Crippen molar-refractivity contribution in [1.29, 1.82) is 0 Å². The lowest BCUT2D eigenvalue weighted by molar-refractivity contribution is -0.901. The summed E-state index contributed by atoms with van der Waals surface area (Å²) in [6.45, 7) is 2.90. The molecule has 2 aromatic rings. The minimum Gasteiger partial charge on any atom is -0.507 e. The molecular weight excluding hydrogens is 302 g/mol. The maximum atomic E-state index is 12.6. The quantitative estimate of drug-likeness (QED) is 0.852. The Morgan fingerprint density at radius 3 is 2.58 bits per heavy atom. The van der Waals surface area contributed by atoms with Crippen LogP contribution in [0.15, 0.2) is 48.2 Å². The molecule has 2 aromatic carbocycles. The summed E-state index contributed by atoms with van der Waals surface area (Å²) in [5, 5.41) is 10.3. The molecular formula is C20H20NO3+. The molecule has 1 fully saturated rings. The topological polar surface area (TPSA) is 51.0 Å². The Morgan fingerprint density at radius 1 is 1.08 bits per heavy atom. The summed E-state index contributed by atoms with van der Waals surface area (Å²) in [5.41, 5.74) is 2.21. The van der Waals surface area contributed by atoms with E-state index in [0.29, 0.717) is 23.6 Å². The number of ketones is 1. The molecule has 2 N–H and O–H groups in total. The molecule has 0 spiro atoms. The maximum Gasteiger partial charge on any atom is 0.231 e. The number of rotatable bonds is 3. The Labute approximate surface area is 141 Å². The van der Waals surface area contributed by atoms with E-state index in [1.807, 2.05) is 30.3 Å². The van der Waals surface area contributed by atoms with Crippen LogP contribution in [-0.4, -0.2) is 24.0 Å². The Hall–Kier alpha value is -2.59. The lowest BCUT2D eigenvalue weighted by Gasteiger charge is -2.15. The van der Waals surface area contributed by atoms with Crippen molar-refractivity contribution in [2.45, 2.75) is 19.4 Å². The van der Waals surface area contributed by atoms with Crippen LogP contribution in [0.5, 0.6) is 11.5 Å². The van der Waals surface area contributed by atoms with Crippen LogP contribution in [0.1, 0.15) is 34.3 Å². The summed E-state index contributed by atoms with van der Waals surface area (Å²) >= 11 is 0. The Kier molecular flexibility index (Phi) is 3.82. The molecule has 0 bridgehead atoms. The minimum atomic E-state index is -0.119. The van der Waals surface area contributed by atoms with Gasteiger partial charge in [-0.05, 0) is 23.8 Å². The van der Waals surface area contributed by atoms with E-state index in [2.05, 4.69) is 0 Å². The van der Waals surface area contributed by atoms with Crippen molar-refractivity contribution < 1.29 is 19.5 Å². The first-order chi connectivity index (χ1) is 11.7. The molecule has 24 heavy (non-hydrogen) atoms. The number of hydrogen-bond acceptors (Lipinski definition) is 3.